The lowest BCUT2D eigenvalue weighted by Crippen LogP contribution is -2.49. The van der Waals surface area contributed by atoms with Gasteiger partial charge in [0.15, 0.2) is 5.69 Å². The van der Waals surface area contributed by atoms with Gasteiger partial charge in [-0.1, -0.05) is 43.0 Å². The van der Waals surface area contributed by atoms with Crippen molar-refractivity contribution < 1.29 is 9.53 Å². The monoisotopic (exact) mass is 401 g/mol. The van der Waals surface area contributed by atoms with Gasteiger partial charge in [0.2, 0.25) is 5.91 Å². The second-order valence-electron chi connectivity index (χ2n) is 8.09. The molecular formula is C25H27N3O2. The Morgan fingerprint density at radius 2 is 1.90 bits per heavy atom. The molecule has 0 aliphatic carbocycles. The van der Waals surface area contributed by atoms with Crippen LogP contribution in [0.2, 0.25) is 0 Å². The van der Waals surface area contributed by atoms with Crippen LogP contribution in [0.4, 0.5) is 5.69 Å². The largest absolute Gasteiger partial charge is 0.489 e. The van der Waals surface area contributed by atoms with Crippen molar-refractivity contribution >= 4 is 17.4 Å². The summed E-state index contributed by atoms with van der Waals surface area (Å²) in [6, 6.07) is 12.2. The van der Waals surface area contributed by atoms with Crippen LogP contribution in [0, 0.1) is 13.5 Å². The highest BCUT2D eigenvalue weighted by Crippen LogP contribution is 2.29. The Kier molecular flexibility index (Phi) is 5.87. The second kappa shape index (κ2) is 8.73. The molecule has 1 saturated heterocycles. The van der Waals surface area contributed by atoms with Gasteiger partial charge in [0.25, 0.3) is 0 Å². The van der Waals surface area contributed by atoms with E-state index < -0.39 is 0 Å². The predicted molar refractivity (Wildman–Crippen MR) is 118 cm³/mol. The Morgan fingerprint density at radius 3 is 2.63 bits per heavy atom. The van der Waals surface area contributed by atoms with E-state index >= 15 is 0 Å². The van der Waals surface area contributed by atoms with Crippen LogP contribution in [-0.2, 0) is 29.0 Å². The van der Waals surface area contributed by atoms with Gasteiger partial charge in [-0.15, -0.1) is 0 Å². The maximum atomic E-state index is 12.8. The van der Waals surface area contributed by atoms with Crippen molar-refractivity contribution in [2.45, 2.75) is 26.4 Å². The smallest absolute Gasteiger partial charge is 0.227 e. The van der Waals surface area contributed by atoms with Crippen LogP contribution in [0.3, 0.4) is 0 Å². The van der Waals surface area contributed by atoms with E-state index in [1.54, 1.807) is 0 Å². The molecule has 0 N–H and O–H groups in total. The molecule has 0 bridgehead atoms. The molecule has 4 rings (SSSR count). The van der Waals surface area contributed by atoms with E-state index in [-0.39, 0.29) is 5.91 Å². The summed E-state index contributed by atoms with van der Waals surface area (Å²) in [6.45, 7) is 17.9. The summed E-state index contributed by atoms with van der Waals surface area (Å²) in [7, 11) is 0. The zero-order valence-corrected chi connectivity index (χ0v) is 17.5. The normalized spacial score (nSPS) is 16.1. The molecule has 2 heterocycles. The van der Waals surface area contributed by atoms with Crippen LogP contribution in [-0.4, -0.2) is 48.4 Å². The minimum atomic E-state index is 0.192. The maximum absolute atomic E-state index is 12.8. The Hall–Kier alpha value is -3.10. The van der Waals surface area contributed by atoms with Crippen molar-refractivity contribution in [3.05, 3.63) is 82.2 Å². The number of ether oxygens (including phenoxy) is 1. The Bertz CT molecular complexity index is 1010. The number of hydrogen-bond acceptors (Lipinski definition) is 3. The Morgan fingerprint density at radius 1 is 1.13 bits per heavy atom. The lowest BCUT2D eigenvalue weighted by molar-refractivity contribution is -0.132. The number of nitrogens with zero attached hydrogens (tertiary/aromatic N) is 3. The summed E-state index contributed by atoms with van der Waals surface area (Å²) in [4.78, 5) is 20.7. The van der Waals surface area contributed by atoms with Crippen molar-refractivity contribution in [3.63, 3.8) is 0 Å². The van der Waals surface area contributed by atoms with Crippen molar-refractivity contribution in [1.82, 2.24) is 9.80 Å². The van der Waals surface area contributed by atoms with E-state index in [0.29, 0.717) is 13.0 Å². The fourth-order valence-corrected chi connectivity index (χ4v) is 4.18. The van der Waals surface area contributed by atoms with Crippen LogP contribution >= 0.6 is 0 Å². The van der Waals surface area contributed by atoms with Crippen LogP contribution < -0.4 is 0 Å². The molecule has 5 heteroatoms. The predicted octanol–water partition coefficient (Wildman–Crippen LogP) is 3.98. The first-order valence-electron chi connectivity index (χ1n) is 10.4. The highest BCUT2D eigenvalue weighted by molar-refractivity contribution is 5.79. The van der Waals surface area contributed by atoms with Crippen LogP contribution in [0.15, 0.2) is 43.0 Å². The molecule has 2 aliphatic heterocycles. The second-order valence-corrected chi connectivity index (χ2v) is 8.09. The zero-order valence-electron chi connectivity index (χ0n) is 17.5. The highest BCUT2D eigenvalue weighted by Gasteiger charge is 2.22. The number of carbonyl (C=O) groups excluding carboxylic acids is 1. The Labute approximate surface area is 178 Å². The highest BCUT2D eigenvalue weighted by atomic mass is 16.5. The van der Waals surface area contributed by atoms with Crippen molar-refractivity contribution in [2.75, 3.05) is 32.7 Å². The third-order valence-corrected chi connectivity index (χ3v) is 6.05. The van der Waals surface area contributed by atoms with E-state index in [4.69, 9.17) is 11.3 Å². The molecule has 2 aromatic carbocycles. The number of piperazine rings is 1. The summed E-state index contributed by atoms with van der Waals surface area (Å²) < 4.78 is 5.48. The topological polar surface area (TPSA) is 37.1 Å². The molecule has 0 unspecified atom stereocenters. The SMILES string of the molecule is [C-]#[N+]c1ccc(CCN2CCN(C(=O)Cc3ccc4c(c3)COC4=C)CC2)cc1C. The summed E-state index contributed by atoms with van der Waals surface area (Å²) >= 11 is 0. The molecule has 2 aliphatic rings. The fraction of sp³-hybridized carbons (Fsp3) is 0.360. The fourth-order valence-electron chi connectivity index (χ4n) is 4.18. The van der Waals surface area contributed by atoms with Gasteiger partial charge >= 0.3 is 0 Å². The van der Waals surface area contributed by atoms with Crippen molar-refractivity contribution in [3.8, 4) is 0 Å². The molecule has 154 valence electrons. The van der Waals surface area contributed by atoms with Gasteiger partial charge in [-0.05, 0) is 30.0 Å². The number of fused-ring (bicyclic) bond motifs is 1. The average Bonchev–Trinajstić information content (AvgIpc) is 3.13. The minimum Gasteiger partial charge on any atom is -0.489 e. The molecule has 5 nitrogen and oxygen atoms in total. The van der Waals surface area contributed by atoms with E-state index in [1.807, 2.05) is 30.0 Å². The molecule has 1 amide bonds. The molecule has 0 saturated carbocycles. The molecule has 0 aromatic heterocycles. The number of rotatable bonds is 5. The van der Waals surface area contributed by atoms with E-state index in [2.05, 4.69) is 34.5 Å². The van der Waals surface area contributed by atoms with Gasteiger partial charge < -0.3 is 9.64 Å². The quantitative estimate of drug-likeness (QED) is 0.712. The summed E-state index contributed by atoms with van der Waals surface area (Å²) in [5.41, 5.74) is 6.25. The van der Waals surface area contributed by atoms with Gasteiger partial charge in [-0.2, -0.15) is 0 Å². The van der Waals surface area contributed by atoms with E-state index in [9.17, 15) is 4.79 Å². The van der Waals surface area contributed by atoms with Gasteiger partial charge in [-0.3, -0.25) is 9.69 Å². The third-order valence-electron chi connectivity index (χ3n) is 6.05. The van der Waals surface area contributed by atoms with E-state index in [1.165, 1.54) is 5.56 Å². The van der Waals surface area contributed by atoms with Crippen LogP contribution in [0.5, 0.6) is 0 Å². The van der Waals surface area contributed by atoms with Gasteiger partial charge in [0.05, 0.1) is 13.0 Å². The summed E-state index contributed by atoms with van der Waals surface area (Å²) in [5, 5.41) is 0. The maximum Gasteiger partial charge on any atom is 0.227 e. The molecule has 2 aromatic rings. The van der Waals surface area contributed by atoms with Gasteiger partial charge in [0.1, 0.15) is 12.4 Å². The van der Waals surface area contributed by atoms with Crippen molar-refractivity contribution in [2.24, 2.45) is 0 Å². The number of amides is 1. The van der Waals surface area contributed by atoms with Crippen LogP contribution in [0.25, 0.3) is 10.6 Å². The first-order valence-corrected chi connectivity index (χ1v) is 10.4. The Balaban J connectivity index is 1.25. The molecule has 0 atom stereocenters. The number of carbonyl (C=O) groups is 1. The molecule has 0 radical (unpaired) electrons. The first kappa shape index (κ1) is 20.2. The standard InChI is InChI=1S/C25H27N3O2/c1-18-14-20(5-7-24(18)26-3)8-9-27-10-12-28(13-11-27)25(29)16-21-4-6-23-19(2)30-17-22(23)15-21/h4-7,14-15H,2,8-13,16-17H2,1H3. The van der Waals surface area contributed by atoms with Gasteiger partial charge in [-0.25, -0.2) is 4.85 Å². The van der Waals surface area contributed by atoms with Gasteiger partial charge in [0, 0.05) is 43.9 Å². The number of aryl methyl sites for hydroxylation is 1. The van der Waals surface area contributed by atoms with Crippen molar-refractivity contribution in [1.29, 1.82) is 0 Å². The summed E-state index contributed by atoms with van der Waals surface area (Å²) in [5.74, 6) is 0.911. The molecular weight excluding hydrogens is 374 g/mol. The molecule has 30 heavy (non-hydrogen) atoms. The minimum absolute atomic E-state index is 0.192. The molecule has 0 spiro atoms. The van der Waals surface area contributed by atoms with Crippen LogP contribution in [0.1, 0.15) is 27.8 Å². The summed E-state index contributed by atoms with van der Waals surface area (Å²) in [6.07, 6.45) is 1.40. The molecule has 1 fully saturated rings. The number of benzene rings is 2. The first-order chi connectivity index (χ1) is 14.5. The lowest BCUT2D eigenvalue weighted by Gasteiger charge is -2.35. The average molecular weight is 402 g/mol. The third kappa shape index (κ3) is 4.39. The number of hydrogen-bond donors (Lipinski definition) is 0. The zero-order chi connectivity index (χ0) is 21.1. The lowest BCUT2D eigenvalue weighted by atomic mass is 10.0. The van der Waals surface area contributed by atoms with E-state index in [0.717, 1.165) is 72.8 Å².